The molecule has 3 unspecified atom stereocenters. The minimum Gasteiger partial charge on any atom is -0.414 e. The summed E-state index contributed by atoms with van der Waals surface area (Å²) in [6.45, 7) is 18.1. The lowest BCUT2D eigenvalue weighted by Crippen LogP contribution is -2.46. The molecular weight excluding hydrogens is 356 g/mol. The second-order valence-electron chi connectivity index (χ2n) is 10.3. The molecule has 0 bridgehead atoms. The summed E-state index contributed by atoms with van der Waals surface area (Å²) >= 11 is 0. The van der Waals surface area contributed by atoms with Gasteiger partial charge in [-0.1, -0.05) is 48.0 Å². The van der Waals surface area contributed by atoms with Crippen LogP contribution in [0, 0.1) is 17.8 Å². The van der Waals surface area contributed by atoms with E-state index in [-0.39, 0.29) is 16.9 Å². The Hall–Kier alpha value is -0.493. The molecule has 0 spiro atoms. The first-order chi connectivity index (χ1) is 12.4. The summed E-state index contributed by atoms with van der Waals surface area (Å²) in [4.78, 5) is 12.3. The fraction of sp³-hybridized carbons (Fsp3) is 0.864. The van der Waals surface area contributed by atoms with Gasteiger partial charge in [-0.15, -0.1) is 0 Å². The summed E-state index contributed by atoms with van der Waals surface area (Å²) in [6.07, 6.45) is 6.10. The zero-order valence-corrected chi connectivity index (χ0v) is 19.6. The average molecular weight is 397 g/mol. The van der Waals surface area contributed by atoms with E-state index in [1.165, 1.54) is 12.8 Å². The summed E-state index contributed by atoms with van der Waals surface area (Å²) in [5.41, 5.74) is 0. The van der Waals surface area contributed by atoms with Crippen molar-refractivity contribution < 1.29 is 18.7 Å². The molecule has 0 N–H and O–H groups in total. The first-order valence-electron chi connectivity index (χ1n) is 10.6. The van der Waals surface area contributed by atoms with Crippen LogP contribution in [0.4, 0.5) is 0 Å². The van der Waals surface area contributed by atoms with Crippen molar-refractivity contribution in [3.63, 3.8) is 0 Å². The number of ketones is 1. The SMILES string of the molecule is CC1CCC(C(C)C)C(O[C@@H]2C=CC(=O)[C@H](CO[Si](C)(C)C(C)(C)C)O2)C1. The lowest BCUT2D eigenvalue weighted by Gasteiger charge is -2.40. The Morgan fingerprint density at radius 2 is 1.93 bits per heavy atom. The molecule has 2 rings (SSSR count). The molecule has 0 aromatic rings. The highest BCUT2D eigenvalue weighted by atomic mass is 28.4. The zero-order valence-electron chi connectivity index (χ0n) is 18.6. The number of hydrogen-bond acceptors (Lipinski definition) is 4. The Balaban J connectivity index is 1.97. The Kier molecular flexibility index (Phi) is 7.51. The number of carbonyl (C=O) groups excluding carboxylic acids is 1. The van der Waals surface area contributed by atoms with E-state index in [9.17, 15) is 4.79 Å². The van der Waals surface area contributed by atoms with Crippen LogP contribution < -0.4 is 0 Å². The van der Waals surface area contributed by atoms with E-state index in [1.807, 2.05) is 0 Å². The molecule has 0 radical (unpaired) electrons. The molecule has 5 heteroatoms. The summed E-state index contributed by atoms with van der Waals surface area (Å²) in [5, 5.41) is 0.110. The van der Waals surface area contributed by atoms with Gasteiger partial charge in [-0.05, 0) is 60.9 Å². The maximum atomic E-state index is 12.3. The monoisotopic (exact) mass is 396 g/mol. The first kappa shape index (κ1) is 22.8. The second kappa shape index (κ2) is 8.89. The quantitative estimate of drug-likeness (QED) is 0.569. The fourth-order valence-electron chi connectivity index (χ4n) is 3.70. The average Bonchev–Trinajstić information content (AvgIpc) is 2.54. The molecule has 1 fully saturated rings. The largest absolute Gasteiger partial charge is 0.414 e. The summed E-state index contributed by atoms with van der Waals surface area (Å²) in [6, 6.07) is 0. The Labute approximate surface area is 167 Å². The third-order valence-electron chi connectivity index (χ3n) is 6.71. The van der Waals surface area contributed by atoms with Crippen molar-refractivity contribution in [1.29, 1.82) is 0 Å². The molecule has 0 amide bonds. The predicted molar refractivity (Wildman–Crippen MR) is 112 cm³/mol. The number of hydrogen-bond donors (Lipinski definition) is 0. The third kappa shape index (κ3) is 5.99. The van der Waals surface area contributed by atoms with E-state index in [1.54, 1.807) is 12.2 Å². The van der Waals surface area contributed by atoms with E-state index in [0.29, 0.717) is 24.4 Å². The predicted octanol–water partition coefficient (Wildman–Crippen LogP) is 5.34. The summed E-state index contributed by atoms with van der Waals surface area (Å²) in [7, 11) is -1.92. The zero-order chi connectivity index (χ0) is 20.4. The van der Waals surface area contributed by atoms with E-state index < -0.39 is 20.7 Å². The van der Waals surface area contributed by atoms with Gasteiger partial charge in [0.1, 0.15) is 6.10 Å². The summed E-state index contributed by atoms with van der Waals surface area (Å²) < 4.78 is 18.6. The number of ether oxygens (including phenoxy) is 2. The molecule has 1 saturated carbocycles. The molecule has 0 aromatic heterocycles. The first-order valence-corrected chi connectivity index (χ1v) is 13.5. The van der Waals surface area contributed by atoms with Gasteiger partial charge >= 0.3 is 0 Å². The van der Waals surface area contributed by atoms with Crippen molar-refractivity contribution in [2.75, 3.05) is 6.61 Å². The van der Waals surface area contributed by atoms with Crippen LogP contribution in [0.5, 0.6) is 0 Å². The lowest BCUT2D eigenvalue weighted by atomic mass is 9.75. The number of carbonyl (C=O) groups is 1. The van der Waals surface area contributed by atoms with Crippen molar-refractivity contribution in [1.82, 2.24) is 0 Å². The van der Waals surface area contributed by atoms with Crippen molar-refractivity contribution in [2.45, 2.75) is 97.4 Å². The highest BCUT2D eigenvalue weighted by molar-refractivity contribution is 6.74. The van der Waals surface area contributed by atoms with Crippen molar-refractivity contribution >= 4 is 14.1 Å². The molecule has 27 heavy (non-hydrogen) atoms. The normalized spacial score (nSPS) is 32.9. The van der Waals surface area contributed by atoms with Crippen LogP contribution in [0.2, 0.25) is 18.1 Å². The van der Waals surface area contributed by atoms with Gasteiger partial charge in [0, 0.05) is 0 Å². The van der Waals surface area contributed by atoms with Crippen LogP contribution in [0.1, 0.15) is 60.8 Å². The molecule has 0 saturated heterocycles. The Bertz CT molecular complexity index is 535. The molecule has 4 nitrogen and oxygen atoms in total. The van der Waals surface area contributed by atoms with Crippen molar-refractivity contribution in [3.05, 3.63) is 12.2 Å². The van der Waals surface area contributed by atoms with E-state index in [0.717, 1.165) is 6.42 Å². The van der Waals surface area contributed by atoms with Crippen LogP contribution in [0.15, 0.2) is 12.2 Å². The van der Waals surface area contributed by atoms with Gasteiger partial charge in [0.25, 0.3) is 0 Å². The maximum Gasteiger partial charge on any atom is 0.192 e. The van der Waals surface area contributed by atoms with Crippen LogP contribution in [0.25, 0.3) is 0 Å². The van der Waals surface area contributed by atoms with Gasteiger partial charge in [0.2, 0.25) is 0 Å². The Morgan fingerprint density at radius 1 is 1.26 bits per heavy atom. The lowest BCUT2D eigenvalue weighted by molar-refractivity contribution is -0.200. The molecule has 1 aliphatic carbocycles. The van der Waals surface area contributed by atoms with Gasteiger partial charge in [-0.3, -0.25) is 4.79 Å². The molecule has 0 aromatic carbocycles. The topological polar surface area (TPSA) is 44.8 Å². The maximum absolute atomic E-state index is 12.3. The van der Waals surface area contributed by atoms with E-state index in [2.05, 4.69) is 54.6 Å². The van der Waals surface area contributed by atoms with Gasteiger partial charge in [0.05, 0.1) is 12.7 Å². The molecular formula is C22H40O4Si. The van der Waals surface area contributed by atoms with Gasteiger partial charge in [-0.25, -0.2) is 0 Å². The molecule has 1 heterocycles. The highest BCUT2D eigenvalue weighted by Crippen LogP contribution is 2.38. The van der Waals surface area contributed by atoms with Gasteiger partial charge in [-0.2, -0.15) is 0 Å². The smallest absolute Gasteiger partial charge is 0.192 e. The highest BCUT2D eigenvalue weighted by Gasteiger charge is 2.39. The van der Waals surface area contributed by atoms with Crippen LogP contribution in [0.3, 0.4) is 0 Å². The van der Waals surface area contributed by atoms with Gasteiger partial charge < -0.3 is 13.9 Å². The van der Waals surface area contributed by atoms with E-state index >= 15 is 0 Å². The van der Waals surface area contributed by atoms with Crippen LogP contribution in [-0.4, -0.2) is 39.2 Å². The minimum atomic E-state index is -1.92. The molecule has 5 atom stereocenters. The van der Waals surface area contributed by atoms with E-state index in [4.69, 9.17) is 13.9 Å². The second-order valence-corrected chi connectivity index (χ2v) is 15.1. The van der Waals surface area contributed by atoms with Gasteiger partial charge in [0.15, 0.2) is 20.4 Å². The fourth-order valence-corrected chi connectivity index (χ4v) is 4.70. The molecule has 156 valence electrons. The van der Waals surface area contributed by atoms with Crippen LogP contribution in [-0.2, 0) is 18.7 Å². The van der Waals surface area contributed by atoms with Crippen LogP contribution >= 0.6 is 0 Å². The third-order valence-corrected chi connectivity index (χ3v) is 11.2. The molecule has 1 aliphatic heterocycles. The number of rotatable bonds is 6. The minimum absolute atomic E-state index is 0.0222. The standard InChI is InChI=1S/C22H40O4Si/c1-15(2)17-10-9-16(3)13-19(17)25-21-12-11-18(23)20(26-21)14-24-27(7,8)22(4,5)6/h11-12,15-17,19-21H,9-10,13-14H2,1-8H3/t16?,17?,19?,20-,21-/m0/s1. The molecule has 2 aliphatic rings. The van der Waals surface area contributed by atoms with Crippen molar-refractivity contribution in [2.24, 2.45) is 17.8 Å². The van der Waals surface area contributed by atoms with Crippen molar-refractivity contribution in [3.8, 4) is 0 Å². The Morgan fingerprint density at radius 3 is 2.52 bits per heavy atom. The summed E-state index contributed by atoms with van der Waals surface area (Å²) in [5.74, 6) is 1.80.